The molecule has 10 aromatic rings. The average Bonchev–Trinajstić information content (AvgIpc) is 2.07. The second-order valence-corrected chi connectivity index (χ2v) is 24.5. The fourth-order valence-corrected chi connectivity index (χ4v) is 15.1. The van der Waals surface area contributed by atoms with Gasteiger partial charge in [-0.05, 0) is 55.0 Å². The van der Waals surface area contributed by atoms with Gasteiger partial charge in [0.05, 0.1) is 75.2 Å². The summed E-state index contributed by atoms with van der Waals surface area (Å²) in [6, 6.07) is 39.3. The van der Waals surface area contributed by atoms with Gasteiger partial charge in [0.2, 0.25) is 11.8 Å². The first-order valence-corrected chi connectivity index (χ1v) is 30.7. The topological polar surface area (TPSA) is 168 Å². The third kappa shape index (κ3) is 10.6. The van der Waals surface area contributed by atoms with Gasteiger partial charge in [0.1, 0.15) is 11.2 Å². The number of anilines is 4. The number of para-hydroxylation sites is 2. The van der Waals surface area contributed by atoms with Gasteiger partial charge >= 0.3 is 0 Å². The van der Waals surface area contributed by atoms with Crippen molar-refractivity contribution in [3.05, 3.63) is 142 Å². The lowest BCUT2D eigenvalue weighted by molar-refractivity contribution is -0.123. The van der Waals surface area contributed by atoms with Gasteiger partial charge in [-0.15, -0.1) is 22.7 Å². The van der Waals surface area contributed by atoms with Gasteiger partial charge in [-0.25, -0.2) is 0 Å². The summed E-state index contributed by atoms with van der Waals surface area (Å²) in [6.45, 7) is 12.5. The Balaban J connectivity index is 0.646. The summed E-state index contributed by atoms with van der Waals surface area (Å²) in [4.78, 5) is 63.0. The Labute approximate surface area is 492 Å². The highest BCUT2D eigenvalue weighted by molar-refractivity contribution is 7.26. The molecule has 14 rings (SSSR count). The molecule has 4 aromatic heterocycles. The third-order valence-electron chi connectivity index (χ3n) is 17.1. The van der Waals surface area contributed by atoms with Crippen molar-refractivity contribution in [2.75, 3.05) is 119 Å². The molecule has 6 aromatic carbocycles. The standard InChI is InChI=1S/C66H64N6O10S2/c1-3-42-34-69(20-27-78-42)37-59(75)67-40-16-18-57-51(30-40)48-13-7-11-46(66(48)84-57)44-9-5-15-50-54(74)33-62(82-64(44)50)72-24-29-80-56(36-72)39(2)55-35-70(21-28-79-55)38-60(76)68-41-17-19-58-52(31-41)47-12-6-10-45(65(47)83-58)43-8-4-14-49-53(73)32-61(81-63(43)49)71-22-25-77-26-23-71/h4-19,30-33,39,42,55-56H,3,20-29,34-38H2,1-2H3,(H,67,75)(H,68,76)/t39?,42-,55-,56?/m1/s1. The molecule has 4 saturated heterocycles. The fraction of sp³-hybridized carbons (Fsp3) is 0.333. The van der Waals surface area contributed by atoms with Crippen LogP contribution in [0.1, 0.15) is 20.3 Å². The van der Waals surface area contributed by atoms with Gasteiger partial charge in [0.25, 0.3) is 0 Å². The van der Waals surface area contributed by atoms with E-state index in [0.29, 0.717) is 118 Å². The molecule has 0 spiro atoms. The molecule has 18 heteroatoms. The molecular formula is C66H64N6O10S2. The van der Waals surface area contributed by atoms with E-state index in [2.05, 4.69) is 86.5 Å². The van der Waals surface area contributed by atoms with Crippen LogP contribution in [0.3, 0.4) is 0 Å². The Morgan fingerprint density at radius 1 is 0.524 bits per heavy atom. The number of fused-ring (bicyclic) bond motifs is 8. The second kappa shape index (κ2) is 23.2. The molecule has 4 atom stereocenters. The molecule has 4 aliphatic heterocycles. The molecule has 2 unspecified atom stereocenters. The molecular weight excluding hydrogens is 1100 g/mol. The zero-order chi connectivity index (χ0) is 57.0. The van der Waals surface area contributed by atoms with Crippen LogP contribution in [0.5, 0.6) is 0 Å². The quantitative estimate of drug-likeness (QED) is 0.112. The number of ether oxygens (including phenoxy) is 4. The highest BCUT2D eigenvalue weighted by Crippen LogP contribution is 2.45. The number of rotatable bonds is 13. The number of benzene rings is 6. The molecule has 8 heterocycles. The van der Waals surface area contributed by atoms with Crippen LogP contribution in [0, 0.1) is 5.92 Å². The number of carbonyl (C=O) groups is 2. The predicted octanol–water partition coefficient (Wildman–Crippen LogP) is 11.0. The summed E-state index contributed by atoms with van der Waals surface area (Å²) in [5.41, 5.74) is 5.98. The minimum Gasteiger partial charge on any atom is -0.440 e. The fourth-order valence-electron chi connectivity index (χ4n) is 12.6. The SMILES string of the molecule is CC[C@@H]1CN(CC(=O)Nc2ccc3sc4c(-c5cccc6c(=O)cc(N7CCOC(C(C)[C@H]8CN(CC(=O)Nc9ccc%10sc%11c(-c%12cccc%13c(=O)cc(N%14CCOCC%14)oc%12%13)cccc%11c%10c9)CCO8)C7)oc56)cccc4c3c2)CCO1. The van der Waals surface area contributed by atoms with Crippen molar-refractivity contribution >= 4 is 120 Å². The second-order valence-electron chi connectivity index (χ2n) is 22.4. The highest BCUT2D eigenvalue weighted by Gasteiger charge is 2.36. The molecule has 0 bridgehead atoms. The Kier molecular flexibility index (Phi) is 15.0. The summed E-state index contributed by atoms with van der Waals surface area (Å²) in [6.07, 6.45) is 0.637. The van der Waals surface area contributed by atoms with Gasteiger partial charge in [0, 0.05) is 144 Å². The van der Waals surface area contributed by atoms with Crippen LogP contribution in [0.25, 0.3) is 84.5 Å². The van der Waals surface area contributed by atoms with Crippen molar-refractivity contribution in [1.29, 1.82) is 0 Å². The van der Waals surface area contributed by atoms with Crippen molar-refractivity contribution < 1.29 is 37.4 Å². The number of morpholine rings is 4. The third-order valence-corrected chi connectivity index (χ3v) is 19.6. The lowest BCUT2D eigenvalue weighted by Gasteiger charge is -2.41. The van der Waals surface area contributed by atoms with E-state index in [1.165, 1.54) is 0 Å². The number of thiophene rings is 2. The minimum atomic E-state index is -0.233. The maximum absolute atomic E-state index is 14.0. The van der Waals surface area contributed by atoms with Gasteiger partial charge < -0.3 is 48.2 Å². The molecule has 0 saturated carbocycles. The smallest absolute Gasteiger partial charge is 0.238 e. The van der Waals surface area contributed by atoms with Crippen LogP contribution >= 0.6 is 22.7 Å². The van der Waals surface area contributed by atoms with E-state index in [4.69, 9.17) is 27.8 Å². The van der Waals surface area contributed by atoms with Crippen LogP contribution in [-0.2, 0) is 28.5 Å². The summed E-state index contributed by atoms with van der Waals surface area (Å²) in [7, 11) is 0. The molecule has 4 aliphatic rings. The summed E-state index contributed by atoms with van der Waals surface area (Å²) >= 11 is 3.36. The molecule has 0 radical (unpaired) electrons. The van der Waals surface area contributed by atoms with Crippen molar-refractivity contribution in [1.82, 2.24) is 9.80 Å². The lowest BCUT2D eigenvalue weighted by Crippen LogP contribution is -2.53. The van der Waals surface area contributed by atoms with E-state index in [9.17, 15) is 19.2 Å². The van der Waals surface area contributed by atoms with Crippen LogP contribution in [0.4, 0.5) is 23.1 Å². The number of hydrogen-bond donors (Lipinski definition) is 2. The van der Waals surface area contributed by atoms with E-state index in [1.54, 1.807) is 34.8 Å². The molecule has 2 N–H and O–H groups in total. The minimum absolute atomic E-state index is 0.0463. The molecule has 0 aliphatic carbocycles. The van der Waals surface area contributed by atoms with Crippen molar-refractivity contribution in [2.45, 2.75) is 38.6 Å². The average molecular weight is 1170 g/mol. The number of hydrogen-bond acceptors (Lipinski definition) is 16. The monoisotopic (exact) mass is 1160 g/mol. The Bertz CT molecular complexity index is 4300. The number of carbonyl (C=O) groups excluding carboxylic acids is 2. The normalized spacial score (nSPS) is 19.7. The van der Waals surface area contributed by atoms with Crippen molar-refractivity contribution in [3.8, 4) is 22.3 Å². The summed E-state index contributed by atoms with van der Waals surface area (Å²) in [5, 5.41) is 11.6. The molecule has 4 fully saturated rings. The van der Waals surface area contributed by atoms with Gasteiger partial charge in [-0.1, -0.05) is 74.5 Å². The number of nitrogens with one attached hydrogen (secondary N) is 2. The van der Waals surface area contributed by atoms with Crippen LogP contribution < -0.4 is 31.3 Å². The first-order valence-electron chi connectivity index (χ1n) is 29.1. The molecule has 84 heavy (non-hydrogen) atoms. The van der Waals surface area contributed by atoms with E-state index in [-0.39, 0.29) is 53.4 Å². The lowest BCUT2D eigenvalue weighted by atomic mass is 9.95. The van der Waals surface area contributed by atoms with Crippen LogP contribution in [0.15, 0.2) is 140 Å². The number of nitrogens with zero attached hydrogens (tertiary/aromatic N) is 4. The maximum Gasteiger partial charge on any atom is 0.238 e. The van der Waals surface area contributed by atoms with E-state index in [1.807, 2.05) is 66.7 Å². The first kappa shape index (κ1) is 54.4. The zero-order valence-electron chi connectivity index (χ0n) is 46.9. The van der Waals surface area contributed by atoms with Crippen LogP contribution in [-0.4, -0.2) is 138 Å². The Morgan fingerprint density at radius 3 is 1.56 bits per heavy atom. The number of amides is 2. The summed E-state index contributed by atoms with van der Waals surface area (Å²) < 4.78 is 41.9. The predicted molar refractivity (Wildman–Crippen MR) is 336 cm³/mol. The van der Waals surface area contributed by atoms with Crippen molar-refractivity contribution in [3.63, 3.8) is 0 Å². The van der Waals surface area contributed by atoms with E-state index < -0.39 is 0 Å². The largest absolute Gasteiger partial charge is 0.440 e. The molecule has 16 nitrogen and oxygen atoms in total. The molecule has 430 valence electrons. The highest BCUT2D eigenvalue weighted by atomic mass is 32.1. The Morgan fingerprint density at radius 2 is 1.00 bits per heavy atom. The zero-order valence-corrected chi connectivity index (χ0v) is 48.5. The van der Waals surface area contributed by atoms with Gasteiger partial charge in [0.15, 0.2) is 22.6 Å². The van der Waals surface area contributed by atoms with E-state index >= 15 is 0 Å². The van der Waals surface area contributed by atoms with Gasteiger partial charge in [-0.2, -0.15) is 0 Å². The summed E-state index contributed by atoms with van der Waals surface area (Å²) in [5.74, 6) is 0.831. The Hall–Kier alpha value is -7.52. The first-order chi connectivity index (χ1) is 41.1. The van der Waals surface area contributed by atoms with Crippen LogP contribution in [0.2, 0.25) is 0 Å². The van der Waals surface area contributed by atoms with Gasteiger partial charge in [-0.3, -0.25) is 29.0 Å². The van der Waals surface area contributed by atoms with Crippen molar-refractivity contribution in [2.24, 2.45) is 5.92 Å². The molecule has 2 amide bonds. The van der Waals surface area contributed by atoms with E-state index in [0.717, 1.165) is 87.8 Å². The maximum atomic E-state index is 14.0.